The lowest BCUT2D eigenvalue weighted by Crippen LogP contribution is -2.55. The predicted octanol–water partition coefficient (Wildman–Crippen LogP) is 3.53. The summed E-state index contributed by atoms with van der Waals surface area (Å²) in [7, 11) is 0. The zero-order chi connectivity index (χ0) is 14.7. The van der Waals surface area contributed by atoms with Gasteiger partial charge in [-0.15, -0.1) is 0 Å². The van der Waals surface area contributed by atoms with Crippen molar-refractivity contribution in [3.8, 4) is 0 Å². The van der Waals surface area contributed by atoms with Crippen LogP contribution in [0.4, 0.5) is 0 Å². The molecule has 0 amide bonds. The molecule has 0 radical (unpaired) electrons. The van der Waals surface area contributed by atoms with Gasteiger partial charge in [-0.25, -0.2) is 0 Å². The number of hydrogen-bond donors (Lipinski definition) is 2. The van der Waals surface area contributed by atoms with Gasteiger partial charge in [0, 0.05) is 12.0 Å². The number of rotatable bonds is 1. The molecule has 0 aromatic carbocycles. The summed E-state index contributed by atoms with van der Waals surface area (Å²) >= 11 is 0. The summed E-state index contributed by atoms with van der Waals surface area (Å²) in [5.74, 6) is 2.83. The molecule has 0 saturated heterocycles. The van der Waals surface area contributed by atoms with Crippen LogP contribution in [0.2, 0.25) is 0 Å². The normalized spacial score (nSPS) is 55.7. The van der Waals surface area contributed by atoms with E-state index >= 15 is 0 Å². The maximum absolute atomic E-state index is 10.5. The molecule has 2 heteroatoms. The minimum Gasteiger partial charge on any atom is -0.396 e. The molecule has 0 spiro atoms. The maximum Gasteiger partial charge on any atom is 0.0596 e. The second-order valence-electron chi connectivity index (χ2n) is 8.59. The van der Waals surface area contributed by atoms with Gasteiger partial charge in [0.15, 0.2) is 0 Å². The van der Waals surface area contributed by atoms with Crippen molar-refractivity contribution >= 4 is 0 Å². The lowest BCUT2D eigenvalue weighted by molar-refractivity contribution is -0.132. The van der Waals surface area contributed by atoms with E-state index in [0.717, 1.165) is 25.2 Å². The molecule has 118 valence electrons. The zero-order valence-electron chi connectivity index (χ0n) is 13.3. The van der Waals surface area contributed by atoms with Gasteiger partial charge < -0.3 is 10.2 Å². The molecule has 0 unspecified atom stereocenters. The van der Waals surface area contributed by atoms with Crippen molar-refractivity contribution in [1.82, 2.24) is 0 Å². The minimum atomic E-state index is -0.0856. The highest BCUT2D eigenvalue weighted by Crippen LogP contribution is 2.65. The van der Waals surface area contributed by atoms with Crippen LogP contribution in [0.3, 0.4) is 0 Å². The predicted molar refractivity (Wildman–Crippen MR) is 83.7 cm³/mol. The molecule has 3 fully saturated rings. The van der Waals surface area contributed by atoms with Gasteiger partial charge in [0.1, 0.15) is 0 Å². The van der Waals surface area contributed by atoms with E-state index in [1.54, 1.807) is 0 Å². The van der Waals surface area contributed by atoms with Gasteiger partial charge in [0.25, 0.3) is 0 Å². The molecule has 4 aliphatic rings. The van der Waals surface area contributed by atoms with Crippen molar-refractivity contribution in [3.63, 3.8) is 0 Å². The highest BCUT2D eigenvalue weighted by Gasteiger charge is 2.60. The fraction of sp³-hybridized carbons (Fsp3) is 0.895. The Labute approximate surface area is 128 Å². The largest absolute Gasteiger partial charge is 0.396 e. The molecule has 2 N–H and O–H groups in total. The van der Waals surface area contributed by atoms with Gasteiger partial charge in [-0.05, 0) is 80.5 Å². The van der Waals surface area contributed by atoms with E-state index in [4.69, 9.17) is 0 Å². The fourth-order valence-corrected chi connectivity index (χ4v) is 6.90. The van der Waals surface area contributed by atoms with Gasteiger partial charge in [0.05, 0.1) is 6.10 Å². The van der Waals surface area contributed by atoms with E-state index in [2.05, 4.69) is 19.1 Å². The van der Waals surface area contributed by atoms with E-state index in [1.807, 2.05) is 0 Å². The van der Waals surface area contributed by atoms with Crippen LogP contribution in [0, 0.1) is 34.5 Å². The van der Waals surface area contributed by atoms with E-state index in [0.29, 0.717) is 24.4 Å². The van der Waals surface area contributed by atoms with Crippen LogP contribution < -0.4 is 0 Å². The van der Waals surface area contributed by atoms with Crippen LogP contribution in [0.15, 0.2) is 12.2 Å². The molecule has 4 aliphatic carbocycles. The minimum absolute atomic E-state index is 0.0856. The molecule has 0 heterocycles. The number of hydrogen-bond acceptors (Lipinski definition) is 2. The SMILES string of the molecule is C[C@]12CC[C@H]3[C@@H](CC[C@H]4CC=CC[C@@]43CO)[C@@H]1CC[C@@H]2O. The Morgan fingerprint density at radius 3 is 2.71 bits per heavy atom. The average Bonchev–Trinajstić information content (AvgIpc) is 2.82. The average molecular weight is 290 g/mol. The third-order valence-electron chi connectivity index (χ3n) is 8.17. The summed E-state index contributed by atoms with van der Waals surface area (Å²) < 4.78 is 0. The van der Waals surface area contributed by atoms with Crippen molar-refractivity contribution in [2.75, 3.05) is 6.61 Å². The summed E-state index contributed by atoms with van der Waals surface area (Å²) in [5, 5.41) is 20.8. The van der Waals surface area contributed by atoms with Gasteiger partial charge in [0.2, 0.25) is 0 Å². The van der Waals surface area contributed by atoms with Gasteiger partial charge in [-0.1, -0.05) is 19.1 Å². The second-order valence-corrected chi connectivity index (χ2v) is 8.59. The molecule has 0 aromatic rings. The zero-order valence-corrected chi connectivity index (χ0v) is 13.3. The summed E-state index contributed by atoms with van der Waals surface area (Å²) in [6, 6.07) is 0. The van der Waals surface area contributed by atoms with Crippen molar-refractivity contribution in [2.24, 2.45) is 34.5 Å². The van der Waals surface area contributed by atoms with Crippen molar-refractivity contribution in [1.29, 1.82) is 0 Å². The van der Waals surface area contributed by atoms with Gasteiger partial charge in [-0.3, -0.25) is 0 Å². The van der Waals surface area contributed by atoms with Gasteiger partial charge in [-0.2, -0.15) is 0 Å². The summed E-state index contributed by atoms with van der Waals surface area (Å²) in [4.78, 5) is 0. The number of allylic oxidation sites excluding steroid dienone is 2. The molecule has 3 saturated carbocycles. The molecule has 7 atom stereocenters. The third kappa shape index (κ3) is 1.78. The molecule has 2 nitrogen and oxygen atoms in total. The molecule has 4 rings (SSSR count). The first kappa shape index (κ1) is 14.3. The first-order chi connectivity index (χ1) is 10.1. The number of aliphatic hydroxyl groups excluding tert-OH is 2. The van der Waals surface area contributed by atoms with E-state index < -0.39 is 0 Å². The first-order valence-electron chi connectivity index (χ1n) is 9.06. The second kappa shape index (κ2) is 4.83. The van der Waals surface area contributed by atoms with Crippen molar-refractivity contribution in [2.45, 2.75) is 64.4 Å². The fourth-order valence-electron chi connectivity index (χ4n) is 6.90. The highest BCUT2D eigenvalue weighted by molar-refractivity contribution is 5.13. The monoisotopic (exact) mass is 290 g/mol. The topological polar surface area (TPSA) is 40.5 Å². The van der Waals surface area contributed by atoms with Crippen LogP contribution >= 0.6 is 0 Å². The Morgan fingerprint density at radius 1 is 1.05 bits per heavy atom. The van der Waals surface area contributed by atoms with Gasteiger partial charge >= 0.3 is 0 Å². The Bertz CT molecular complexity index is 445. The van der Waals surface area contributed by atoms with E-state index in [9.17, 15) is 10.2 Å². The Balaban J connectivity index is 1.68. The molecular formula is C19H30O2. The highest BCUT2D eigenvalue weighted by atomic mass is 16.3. The quantitative estimate of drug-likeness (QED) is 0.725. The third-order valence-corrected chi connectivity index (χ3v) is 8.17. The standard InChI is InChI=1S/C19H30O2/c1-18-11-9-16-14(15(18)7-8-17(18)21)6-5-13-4-2-3-10-19(13,16)12-20/h2-3,13-17,20-21H,4-12H2,1H3/t13-,14+,15+,16+,17+,18+,19-/m1/s1. The molecule has 0 aromatic heterocycles. The maximum atomic E-state index is 10.5. The van der Waals surface area contributed by atoms with E-state index in [-0.39, 0.29) is 16.9 Å². The van der Waals surface area contributed by atoms with Crippen LogP contribution in [0.1, 0.15) is 58.3 Å². The smallest absolute Gasteiger partial charge is 0.0596 e. The number of fused-ring (bicyclic) bond motifs is 5. The Kier molecular flexibility index (Phi) is 3.28. The Morgan fingerprint density at radius 2 is 1.90 bits per heavy atom. The van der Waals surface area contributed by atoms with Crippen LogP contribution in [0.25, 0.3) is 0 Å². The van der Waals surface area contributed by atoms with Crippen LogP contribution in [-0.4, -0.2) is 22.9 Å². The molecule has 0 aliphatic heterocycles. The summed E-state index contributed by atoms with van der Waals surface area (Å²) in [6.07, 6.45) is 14.1. The van der Waals surface area contributed by atoms with E-state index in [1.165, 1.54) is 32.1 Å². The molecule has 21 heavy (non-hydrogen) atoms. The van der Waals surface area contributed by atoms with Crippen LogP contribution in [-0.2, 0) is 0 Å². The molecule has 0 bridgehead atoms. The number of aliphatic hydroxyl groups is 2. The Hall–Kier alpha value is -0.340. The summed E-state index contributed by atoms with van der Waals surface area (Å²) in [5.41, 5.74) is 0.321. The van der Waals surface area contributed by atoms with Crippen molar-refractivity contribution in [3.05, 3.63) is 12.2 Å². The molecular weight excluding hydrogens is 260 g/mol. The lowest BCUT2D eigenvalue weighted by Gasteiger charge is -2.60. The lowest BCUT2D eigenvalue weighted by atomic mass is 9.45. The first-order valence-corrected chi connectivity index (χ1v) is 9.06. The van der Waals surface area contributed by atoms with Crippen molar-refractivity contribution < 1.29 is 10.2 Å². The summed E-state index contributed by atoms with van der Waals surface area (Å²) in [6.45, 7) is 2.71. The van der Waals surface area contributed by atoms with Crippen LogP contribution in [0.5, 0.6) is 0 Å².